The monoisotopic (exact) mass is 288 g/mol. The molecule has 0 spiro atoms. The van der Waals surface area contributed by atoms with Crippen LogP contribution in [0.3, 0.4) is 0 Å². The maximum Gasteiger partial charge on any atom is 0.344 e. The first-order valence-electron chi connectivity index (χ1n) is 3.74. The molecular formula is C10H9IO2. The Morgan fingerprint density at radius 1 is 1.38 bits per heavy atom. The average molecular weight is 288 g/mol. The van der Waals surface area contributed by atoms with E-state index in [1.807, 2.05) is 52.9 Å². The van der Waals surface area contributed by atoms with Crippen LogP contribution in [0.1, 0.15) is 5.56 Å². The zero-order valence-electron chi connectivity index (χ0n) is 7.16. The van der Waals surface area contributed by atoms with Gasteiger partial charge in [0.25, 0.3) is 0 Å². The lowest BCUT2D eigenvalue weighted by molar-refractivity contribution is -0.134. The first-order valence-corrected chi connectivity index (χ1v) is 4.82. The van der Waals surface area contributed by atoms with Crippen LogP contribution in [0, 0.1) is 0 Å². The molecule has 0 amide bonds. The Bertz CT molecular complexity index is 317. The van der Waals surface area contributed by atoms with E-state index in [0.717, 1.165) is 5.56 Å². The largest absolute Gasteiger partial charge is 0.465 e. The Labute approximate surface area is 90.7 Å². The third kappa shape index (κ3) is 3.18. The fourth-order valence-electron chi connectivity index (χ4n) is 0.852. The molecule has 0 aromatic heterocycles. The van der Waals surface area contributed by atoms with Gasteiger partial charge in [0.1, 0.15) is 0 Å². The maximum atomic E-state index is 11.0. The number of hydrogen-bond acceptors (Lipinski definition) is 2. The van der Waals surface area contributed by atoms with Gasteiger partial charge in [-0.1, -0.05) is 30.3 Å². The van der Waals surface area contributed by atoms with Gasteiger partial charge in [-0.3, -0.25) is 0 Å². The molecule has 1 aromatic carbocycles. The van der Waals surface area contributed by atoms with Gasteiger partial charge in [0.2, 0.25) is 0 Å². The van der Waals surface area contributed by atoms with Gasteiger partial charge >= 0.3 is 5.97 Å². The molecule has 0 saturated heterocycles. The van der Waals surface area contributed by atoms with Crippen molar-refractivity contribution in [1.29, 1.82) is 0 Å². The van der Waals surface area contributed by atoms with Crippen molar-refractivity contribution >= 4 is 34.6 Å². The fourth-order valence-corrected chi connectivity index (χ4v) is 1.43. The second-order valence-electron chi connectivity index (χ2n) is 2.39. The molecule has 0 aliphatic rings. The van der Waals surface area contributed by atoms with E-state index in [1.54, 1.807) is 6.08 Å². The number of carbonyl (C=O) groups excluding carboxylic acids is 1. The smallest absolute Gasteiger partial charge is 0.344 e. The van der Waals surface area contributed by atoms with Crippen molar-refractivity contribution in [3.05, 3.63) is 39.5 Å². The van der Waals surface area contributed by atoms with Crippen LogP contribution in [0.15, 0.2) is 33.9 Å². The number of rotatable bonds is 2. The van der Waals surface area contributed by atoms with Gasteiger partial charge in [-0.25, -0.2) is 4.79 Å². The molecular weight excluding hydrogens is 279 g/mol. The van der Waals surface area contributed by atoms with Gasteiger partial charge in [0, 0.05) is 0 Å². The van der Waals surface area contributed by atoms with Crippen molar-refractivity contribution in [1.82, 2.24) is 0 Å². The molecule has 1 aromatic rings. The van der Waals surface area contributed by atoms with E-state index in [-0.39, 0.29) is 5.97 Å². The van der Waals surface area contributed by atoms with E-state index < -0.39 is 0 Å². The Morgan fingerprint density at radius 3 is 2.54 bits per heavy atom. The molecule has 1 rings (SSSR count). The average Bonchev–Trinajstić information content (AvgIpc) is 2.18. The van der Waals surface area contributed by atoms with Crippen LogP contribution < -0.4 is 0 Å². The SMILES string of the molecule is COC(=O)C(I)=Cc1ccccc1. The molecule has 2 nitrogen and oxygen atoms in total. The third-order valence-corrected chi connectivity index (χ3v) is 2.23. The minimum Gasteiger partial charge on any atom is -0.465 e. The third-order valence-electron chi connectivity index (χ3n) is 1.47. The first kappa shape index (κ1) is 10.2. The van der Waals surface area contributed by atoms with Gasteiger partial charge in [-0.2, -0.15) is 0 Å². The lowest BCUT2D eigenvalue weighted by Crippen LogP contribution is -1.98. The van der Waals surface area contributed by atoms with Crippen molar-refractivity contribution in [2.45, 2.75) is 0 Å². The van der Waals surface area contributed by atoms with Crippen LogP contribution in [-0.2, 0) is 9.53 Å². The van der Waals surface area contributed by atoms with Gasteiger partial charge in [0.05, 0.1) is 10.7 Å². The number of hydrogen-bond donors (Lipinski definition) is 0. The molecule has 0 radical (unpaired) electrons. The zero-order chi connectivity index (χ0) is 9.68. The van der Waals surface area contributed by atoms with Crippen molar-refractivity contribution in [2.75, 3.05) is 7.11 Å². The number of methoxy groups -OCH3 is 1. The van der Waals surface area contributed by atoms with E-state index in [0.29, 0.717) is 3.58 Å². The summed E-state index contributed by atoms with van der Waals surface area (Å²) in [7, 11) is 1.37. The molecule has 68 valence electrons. The summed E-state index contributed by atoms with van der Waals surface area (Å²) in [5.41, 5.74) is 0.998. The molecule has 0 N–H and O–H groups in total. The second-order valence-corrected chi connectivity index (χ2v) is 3.56. The molecule has 0 unspecified atom stereocenters. The summed E-state index contributed by atoms with van der Waals surface area (Å²) in [4.78, 5) is 11.0. The summed E-state index contributed by atoms with van der Waals surface area (Å²) in [5.74, 6) is -0.301. The molecule has 0 atom stereocenters. The van der Waals surface area contributed by atoms with E-state index in [1.165, 1.54) is 7.11 Å². The first-order chi connectivity index (χ1) is 6.24. The van der Waals surface area contributed by atoms with Crippen LogP contribution >= 0.6 is 22.6 Å². The molecule has 0 aliphatic carbocycles. The highest BCUT2D eigenvalue weighted by Crippen LogP contribution is 2.13. The summed E-state index contributed by atoms with van der Waals surface area (Å²) in [6.45, 7) is 0. The van der Waals surface area contributed by atoms with Crippen LogP contribution in [0.5, 0.6) is 0 Å². The van der Waals surface area contributed by atoms with Crippen LogP contribution in [-0.4, -0.2) is 13.1 Å². The van der Waals surface area contributed by atoms with E-state index in [4.69, 9.17) is 0 Å². The number of ether oxygens (including phenoxy) is 1. The van der Waals surface area contributed by atoms with Crippen molar-refractivity contribution in [3.63, 3.8) is 0 Å². The molecule has 0 heterocycles. The molecule has 3 heteroatoms. The summed E-state index contributed by atoms with van der Waals surface area (Å²) < 4.78 is 5.14. The zero-order valence-corrected chi connectivity index (χ0v) is 9.32. The fraction of sp³-hybridized carbons (Fsp3) is 0.100. The Kier molecular flexibility index (Phi) is 3.95. The van der Waals surface area contributed by atoms with Crippen molar-refractivity contribution < 1.29 is 9.53 Å². The van der Waals surface area contributed by atoms with E-state index in [9.17, 15) is 4.79 Å². The molecule has 0 saturated carbocycles. The maximum absolute atomic E-state index is 11.0. The van der Waals surface area contributed by atoms with Crippen LogP contribution in [0.4, 0.5) is 0 Å². The lowest BCUT2D eigenvalue weighted by atomic mass is 10.2. The lowest BCUT2D eigenvalue weighted by Gasteiger charge is -1.96. The molecule has 0 fully saturated rings. The highest BCUT2D eigenvalue weighted by Gasteiger charge is 2.03. The minimum atomic E-state index is -0.301. The summed E-state index contributed by atoms with van der Waals surface area (Å²) in [6.07, 6.45) is 1.78. The minimum absolute atomic E-state index is 0.301. The highest BCUT2D eigenvalue weighted by atomic mass is 127. The molecule has 0 aliphatic heterocycles. The van der Waals surface area contributed by atoms with Crippen molar-refractivity contribution in [3.8, 4) is 0 Å². The predicted molar refractivity (Wildman–Crippen MR) is 60.5 cm³/mol. The van der Waals surface area contributed by atoms with Gasteiger partial charge in [-0.15, -0.1) is 0 Å². The summed E-state index contributed by atoms with van der Waals surface area (Å²) >= 11 is 1.96. The summed E-state index contributed by atoms with van der Waals surface area (Å²) in [5, 5.41) is 0. The van der Waals surface area contributed by atoms with Crippen LogP contribution in [0.2, 0.25) is 0 Å². The van der Waals surface area contributed by atoms with E-state index >= 15 is 0 Å². The van der Waals surface area contributed by atoms with Crippen molar-refractivity contribution in [2.24, 2.45) is 0 Å². The second kappa shape index (κ2) is 5.01. The highest BCUT2D eigenvalue weighted by molar-refractivity contribution is 14.1. The Morgan fingerprint density at radius 2 is 2.00 bits per heavy atom. The standard InChI is InChI=1S/C10H9IO2/c1-13-10(12)9(11)7-8-5-3-2-4-6-8/h2-7H,1H3. The topological polar surface area (TPSA) is 26.3 Å². The number of esters is 1. The van der Waals surface area contributed by atoms with Crippen LogP contribution in [0.25, 0.3) is 6.08 Å². The number of carbonyl (C=O) groups is 1. The van der Waals surface area contributed by atoms with Gasteiger partial charge < -0.3 is 4.74 Å². The van der Waals surface area contributed by atoms with Gasteiger partial charge in [0.15, 0.2) is 0 Å². The Hall–Kier alpha value is -0.840. The Balaban J connectivity index is 2.83. The molecule has 13 heavy (non-hydrogen) atoms. The quantitative estimate of drug-likeness (QED) is 0.475. The van der Waals surface area contributed by atoms with E-state index in [2.05, 4.69) is 4.74 Å². The predicted octanol–water partition coefficient (Wildman–Crippen LogP) is 2.64. The van der Waals surface area contributed by atoms with Gasteiger partial charge in [-0.05, 0) is 34.2 Å². The number of benzene rings is 1. The summed E-state index contributed by atoms with van der Waals surface area (Å²) in [6, 6.07) is 9.64. The number of halogens is 1. The molecule has 0 bridgehead atoms. The normalized spacial score (nSPS) is 11.1.